The van der Waals surface area contributed by atoms with E-state index in [1.807, 2.05) is 6.92 Å². The Kier molecular flexibility index (Phi) is 21.2. The van der Waals surface area contributed by atoms with E-state index in [1.165, 1.54) is 0 Å². The lowest BCUT2D eigenvalue weighted by Gasteiger charge is -2.46. The summed E-state index contributed by atoms with van der Waals surface area (Å²) in [4.78, 5) is 12.0. The molecule has 0 aromatic rings. The minimum atomic E-state index is -1.74. The second-order valence-electron chi connectivity index (χ2n) is 14.4. The van der Waals surface area contributed by atoms with Crippen LogP contribution in [0.5, 0.6) is 0 Å². The average molecular weight is 785 g/mol. The van der Waals surface area contributed by atoms with E-state index in [-0.39, 0.29) is 19.1 Å². The number of allylic oxidation sites excluding steroid dienone is 2. The molecule has 3 rings (SSSR count). The molecule has 3 heterocycles. The lowest BCUT2D eigenvalue weighted by Crippen LogP contribution is -2.64. The van der Waals surface area contributed by atoms with Gasteiger partial charge in [-0.05, 0) is 45.4 Å². The Balaban J connectivity index is 1.22. The molecule has 3 saturated heterocycles. The summed E-state index contributed by atoms with van der Waals surface area (Å²) in [7, 11) is 0. The summed E-state index contributed by atoms with van der Waals surface area (Å²) in [5, 5.41) is 110. The first kappa shape index (κ1) is 46.9. The fraction of sp³-hybridized carbons (Fsp3) is 0.917. The van der Waals surface area contributed by atoms with Crippen LogP contribution in [-0.2, 0) is 33.2 Å². The van der Waals surface area contributed by atoms with E-state index in [4.69, 9.17) is 28.4 Å². The molecule has 0 amide bonds. The Morgan fingerprint density at radius 3 is 1.74 bits per heavy atom. The molecule has 0 radical (unpaired) electrons. The Morgan fingerprint density at radius 1 is 0.593 bits per heavy atom. The first-order valence-corrected chi connectivity index (χ1v) is 19.2. The van der Waals surface area contributed by atoms with Crippen molar-refractivity contribution in [2.24, 2.45) is 0 Å². The molecule has 3 aliphatic heterocycles. The van der Waals surface area contributed by atoms with Crippen LogP contribution in [0.3, 0.4) is 0 Å². The number of ether oxygens (including phenoxy) is 6. The van der Waals surface area contributed by atoms with E-state index in [0.29, 0.717) is 12.8 Å². The molecule has 0 aromatic heterocycles. The second kappa shape index (κ2) is 24.4. The molecule has 3 aliphatic rings. The van der Waals surface area contributed by atoms with Crippen LogP contribution in [0.4, 0.5) is 0 Å². The quantitative estimate of drug-likeness (QED) is 0.0303. The van der Waals surface area contributed by atoms with Crippen molar-refractivity contribution in [2.75, 3.05) is 19.8 Å². The fourth-order valence-corrected chi connectivity index (χ4v) is 6.60. The van der Waals surface area contributed by atoms with Crippen molar-refractivity contribution >= 4 is 5.97 Å². The zero-order valence-electron chi connectivity index (χ0n) is 31.0. The third-order valence-corrected chi connectivity index (χ3v) is 10.1. The SMILES string of the molecule is CC(CCCCCC/C=C\CCCCCCCC(=O)OC[C@H]1O[C@H](O)[C@H](O)[C@@H](O)[C@H]1O)O[C@@H]1O[C@H](CO)[C@@H](O)[C@H](O)[C@H]1O[C@@H]1O[C@H](CO)[C@@H](O)[C@H](O)[C@H]1O. The van der Waals surface area contributed by atoms with Gasteiger partial charge in [0.15, 0.2) is 18.9 Å². The first-order valence-electron chi connectivity index (χ1n) is 19.2. The minimum absolute atomic E-state index is 0.210. The number of aliphatic hydroxyl groups is 11. The Morgan fingerprint density at radius 2 is 1.11 bits per heavy atom. The zero-order valence-corrected chi connectivity index (χ0v) is 31.0. The lowest BCUT2D eigenvalue weighted by atomic mass is 9.97. The van der Waals surface area contributed by atoms with Crippen LogP contribution in [-0.4, -0.2) is 180 Å². The minimum Gasteiger partial charge on any atom is -0.463 e. The molecule has 316 valence electrons. The number of hydrogen-bond donors (Lipinski definition) is 11. The van der Waals surface area contributed by atoms with Gasteiger partial charge in [-0.15, -0.1) is 0 Å². The molecule has 0 saturated carbocycles. The third kappa shape index (κ3) is 14.2. The molecule has 1 unspecified atom stereocenters. The topological polar surface area (TPSA) is 295 Å². The maximum absolute atomic E-state index is 12.0. The van der Waals surface area contributed by atoms with Gasteiger partial charge in [0.1, 0.15) is 79.9 Å². The number of hydrogen-bond acceptors (Lipinski definition) is 18. The largest absolute Gasteiger partial charge is 0.463 e. The highest BCUT2D eigenvalue weighted by molar-refractivity contribution is 5.69. The van der Waals surface area contributed by atoms with Gasteiger partial charge in [0, 0.05) is 6.42 Å². The molecule has 18 nitrogen and oxygen atoms in total. The molecule has 0 bridgehead atoms. The average Bonchev–Trinajstić information content (AvgIpc) is 3.15. The van der Waals surface area contributed by atoms with E-state index < -0.39 is 111 Å². The van der Waals surface area contributed by atoms with E-state index in [2.05, 4.69) is 12.2 Å². The number of carbonyl (C=O) groups is 1. The van der Waals surface area contributed by atoms with E-state index in [0.717, 1.165) is 64.2 Å². The molecular weight excluding hydrogens is 720 g/mol. The van der Waals surface area contributed by atoms with Crippen LogP contribution in [0.15, 0.2) is 12.2 Å². The number of unbranched alkanes of at least 4 members (excludes halogenated alkanes) is 9. The molecule has 0 aliphatic carbocycles. The van der Waals surface area contributed by atoms with Crippen LogP contribution < -0.4 is 0 Å². The highest BCUT2D eigenvalue weighted by Gasteiger charge is 2.51. The molecule has 11 N–H and O–H groups in total. The summed E-state index contributed by atoms with van der Waals surface area (Å²) in [5.74, 6) is -0.462. The van der Waals surface area contributed by atoms with Crippen LogP contribution >= 0.6 is 0 Å². The van der Waals surface area contributed by atoms with Crippen LogP contribution in [0.2, 0.25) is 0 Å². The Bertz CT molecular complexity index is 1070. The maximum Gasteiger partial charge on any atom is 0.305 e. The Hall–Kier alpha value is -1.43. The summed E-state index contributed by atoms with van der Waals surface area (Å²) >= 11 is 0. The summed E-state index contributed by atoms with van der Waals surface area (Å²) in [6.07, 6.45) is -7.17. The van der Waals surface area contributed by atoms with Crippen molar-refractivity contribution in [1.29, 1.82) is 0 Å². The first-order chi connectivity index (χ1) is 25.8. The van der Waals surface area contributed by atoms with Crippen LogP contribution in [0.1, 0.15) is 90.4 Å². The van der Waals surface area contributed by atoms with Gasteiger partial charge in [-0.3, -0.25) is 4.79 Å². The van der Waals surface area contributed by atoms with E-state index in [1.54, 1.807) is 0 Å². The van der Waals surface area contributed by atoms with Gasteiger partial charge in [-0.2, -0.15) is 0 Å². The van der Waals surface area contributed by atoms with E-state index >= 15 is 0 Å². The molecule has 0 aromatic carbocycles. The predicted octanol–water partition coefficient (Wildman–Crippen LogP) is -2.01. The van der Waals surface area contributed by atoms with Crippen molar-refractivity contribution in [3.63, 3.8) is 0 Å². The summed E-state index contributed by atoms with van der Waals surface area (Å²) in [6, 6.07) is 0. The predicted molar refractivity (Wildman–Crippen MR) is 186 cm³/mol. The van der Waals surface area contributed by atoms with Gasteiger partial charge in [-0.25, -0.2) is 0 Å². The van der Waals surface area contributed by atoms with Crippen molar-refractivity contribution in [3.8, 4) is 0 Å². The summed E-state index contributed by atoms with van der Waals surface area (Å²) in [5.41, 5.74) is 0. The molecule has 54 heavy (non-hydrogen) atoms. The summed E-state index contributed by atoms with van der Waals surface area (Å²) < 4.78 is 32.9. The highest BCUT2D eigenvalue weighted by Crippen LogP contribution is 2.31. The standard InChI is InChI=1S/C36H64O18/c1-20(50-36-33(30(45)26(41)22(18-38)53-36)54-35-32(47)29(44)25(40)21(17-37)52-35)15-13-11-9-7-5-3-2-4-6-8-10-12-14-16-24(39)49-19-23-27(42)28(43)31(46)34(48)51-23/h2-3,20-23,25-38,40-48H,4-19H2,1H3/b3-2-/t20?,21-,22-,23-,25-,26-,27+,28+,29+,30+,31-,32-,33-,34+,35+,36-/m1/s1. The molecule has 16 atom stereocenters. The Labute approximate surface area is 315 Å². The van der Waals surface area contributed by atoms with Gasteiger partial charge >= 0.3 is 5.97 Å². The molecule has 18 heteroatoms. The van der Waals surface area contributed by atoms with Crippen LogP contribution in [0, 0.1) is 0 Å². The van der Waals surface area contributed by atoms with Crippen molar-refractivity contribution in [3.05, 3.63) is 12.2 Å². The number of rotatable bonds is 23. The zero-order chi connectivity index (χ0) is 39.8. The second-order valence-corrected chi connectivity index (χ2v) is 14.4. The van der Waals surface area contributed by atoms with Crippen molar-refractivity contribution in [1.82, 2.24) is 0 Å². The number of carbonyl (C=O) groups excluding carboxylic acids is 1. The van der Waals surface area contributed by atoms with Gasteiger partial charge in [-0.1, -0.05) is 50.7 Å². The monoisotopic (exact) mass is 784 g/mol. The highest BCUT2D eigenvalue weighted by atomic mass is 16.8. The molecule has 0 spiro atoms. The number of esters is 1. The third-order valence-electron chi connectivity index (χ3n) is 10.1. The normalized spacial score (nSPS) is 38.1. The van der Waals surface area contributed by atoms with Crippen LogP contribution in [0.25, 0.3) is 0 Å². The summed E-state index contributed by atoms with van der Waals surface area (Å²) in [6.45, 7) is 0.206. The fourth-order valence-electron chi connectivity index (χ4n) is 6.60. The maximum atomic E-state index is 12.0. The van der Waals surface area contributed by atoms with Gasteiger partial charge < -0.3 is 84.6 Å². The lowest BCUT2D eigenvalue weighted by molar-refractivity contribution is -0.371. The smallest absolute Gasteiger partial charge is 0.305 e. The molecule has 3 fully saturated rings. The van der Waals surface area contributed by atoms with Gasteiger partial charge in [0.05, 0.1) is 19.3 Å². The van der Waals surface area contributed by atoms with E-state index in [9.17, 15) is 61.0 Å². The molecular formula is C36H64O18. The van der Waals surface area contributed by atoms with Crippen molar-refractivity contribution < 1.29 is 89.4 Å². The van der Waals surface area contributed by atoms with Gasteiger partial charge in [0.25, 0.3) is 0 Å². The van der Waals surface area contributed by atoms with Gasteiger partial charge in [0.2, 0.25) is 0 Å². The van der Waals surface area contributed by atoms with Crippen molar-refractivity contribution in [2.45, 2.75) is 189 Å². The number of aliphatic hydroxyl groups excluding tert-OH is 11.